The number of hydrogen-bond donors (Lipinski definition) is 2. The smallest absolute Gasteiger partial charge is 0.191 e. The first kappa shape index (κ1) is 21.6. The fourth-order valence-corrected chi connectivity index (χ4v) is 3.14. The number of guanidine groups is 1. The number of aryl methyl sites for hydroxylation is 1. The van der Waals surface area contributed by atoms with Crippen molar-refractivity contribution in [2.24, 2.45) is 4.99 Å². The highest BCUT2D eigenvalue weighted by molar-refractivity contribution is 14.0. The summed E-state index contributed by atoms with van der Waals surface area (Å²) in [4.78, 5) is 4.64. The Labute approximate surface area is 177 Å². The van der Waals surface area contributed by atoms with Gasteiger partial charge in [-0.2, -0.15) is 0 Å². The summed E-state index contributed by atoms with van der Waals surface area (Å²) in [7, 11) is 0. The van der Waals surface area contributed by atoms with Gasteiger partial charge in [-0.05, 0) is 31.0 Å². The molecule has 1 aromatic heterocycles. The second kappa shape index (κ2) is 9.48. The highest BCUT2D eigenvalue weighted by Gasteiger charge is 2.22. The van der Waals surface area contributed by atoms with Crippen LogP contribution in [0.4, 0.5) is 4.39 Å². The Morgan fingerprint density at radius 2 is 2.11 bits per heavy atom. The first-order valence-corrected chi connectivity index (χ1v) is 9.19. The minimum Gasteiger partial charge on any atom is -0.357 e. The van der Waals surface area contributed by atoms with Gasteiger partial charge in [-0.25, -0.2) is 9.38 Å². The van der Waals surface area contributed by atoms with Gasteiger partial charge in [0.1, 0.15) is 18.2 Å². The molecule has 0 fully saturated rings. The van der Waals surface area contributed by atoms with Crippen LogP contribution in [-0.4, -0.2) is 33.8 Å². The fraction of sp³-hybridized carbons (Fsp3) is 0.526. The molecule has 1 aromatic carbocycles. The Morgan fingerprint density at radius 3 is 2.85 bits per heavy atom. The highest BCUT2D eigenvalue weighted by Crippen LogP contribution is 2.22. The number of aliphatic imine (C=N–C) groups is 1. The third kappa shape index (κ3) is 5.40. The molecule has 27 heavy (non-hydrogen) atoms. The predicted octanol–water partition coefficient (Wildman–Crippen LogP) is 3.01. The fourth-order valence-electron chi connectivity index (χ4n) is 3.14. The number of nitrogens with one attached hydrogen (secondary N) is 2. The van der Waals surface area contributed by atoms with Gasteiger partial charge in [0.2, 0.25) is 0 Å². The molecule has 2 heterocycles. The lowest BCUT2D eigenvalue weighted by atomic mass is 9.84. The van der Waals surface area contributed by atoms with Crippen LogP contribution in [0.5, 0.6) is 0 Å². The maximum Gasteiger partial charge on any atom is 0.191 e. The van der Waals surface area contributed by atoms with Crippen LogP contribution in [0.25, 0.3) is 0 Å². The average Bonchev–Trinajstić information content (AvgIpc) is 3.21. The predicted molar refractivity (Wildman–Crippen MR) is 116 cm³/mol. The minimum atomic E-state index is -0.228. The first-order valence-electron chi connectivity index (χ1n) is 9.19. The van der Waals surface area contributed by atoms with Gasteiger partial charge in [-0.1, -0.05) is 26.0 Å². The number of nitrogens with zero attached hydrogens (tertiary/aromatic N) is 4. The van der Waals surface area contributed by atoms with Crippen molar-refractivity contribution in [1.82, 2.24) is 25.4 Å². The quantitative estimate of drug-likeness (QED) is 0.375. The molecule has 2 aromatic rings. The number of aromatic nitrogens is 3. The molecule has 148 valence electrons. The summed E-state index contributed by atoms with van der Waals surface area (Å²) in [6, 6.07) is 6.76. The zero-order valence-corrected chi connectivity index (χ0v) is 18.5. The van der Waals surface area contributed by atoms with E-state index in [0.717, 1.165) is 49.1 Å². The van der Waals surface area contributed by atoms with Gasteiger partial charge < -0.3 is 15.2 Å². The minimum absolute atomic E-state index is 0. The zero-order chi connectivity index (χ0) is 18.6. The van der Waals surface area contributed by atoms with Gasteiger partial charge in [-0.3, -0.25) is 0 Å². The molecule has 0 bridgehead atoms. The van der Waals surface area contributed by atoms with Crippen LogP contribution in [0.1, 0.15) is 44.4 Å². The van der Waals surface area contributed by atoms with Crippen LogP contribution >= 0.6 is 24.0 Å². The van der Waals surface area contributed by atoms with Gasteiger partial charge in [0.05, 0.1) is 0 Å². The Balaban J connectivity index is 0.00000261. The van der Waals surface area contributed by atoms with Crippen molar-refractivity contribution in [3.8, 4) is 0 Å². The number of halogens is 2. The summed E-state index contributed by atoms with van der Waals surface area (Å²) < 4.78 is 15.7. The second-order valence-corrected chi connectivity index (χ2v) is 7.23. The third-order valence-corrected chi connectivity index (χ3v) is 4.71. The van der Waals surface area contributed by atoms with Crippen LogP contribution in [0, 0.1) is 5.82 Å². The van der Waals surface area contributed by atoms with Crippen molar-refractivity contribution in [3.63, 3.8) is 0 Å². The lowest BCUT2D eigenvalue weighted by molar-refractivity contribution is 0.503. The summed E-state index contributed by atoms with van der Waals surface area (Å²) in [5.74, 6) is 2.48. The van der Waals surface area contributed by atoms with E-state index in [1.54, 1.807) is 12.1 Å². The van der Waals surface area contributed by atoms with E-state index in [0.29, 0.717) is 13.1 Å². The molecular formula is C19H28FIN6. The number of hydrogen-bond acceptors (Lipinski definition) is 3. The van der Waals surface area contributed by atoms with E-state index in [1.165, 1.54) is 6.07 Å². The average molecular weight is 486 g/mol. The summed E-state index contributed by atoms with van der Waals surface area (Å²) in [5, 5.41) is 15.1. The van der Waals surface area contributed by atoms with Crippen LogP contribution < -0.4 is 10.6 Å². The van der Waals surface area contributed by atoms with Crippen molar-refractivity contribution in [1.29, 1.82) is 0 Å². The molecule has 0 saturated carbocycles. The van der Waals surface area contributed by atoms with Crippen molar-refractivity contribution in [2.75, 3.05) is 13.1 Å². The highest BCUT2D eigenvalue weighted by atomic mass is 127. The van der Waals surface area contributed by atoms with E-state index in [1.807, 2.05) is 13.0 Å². The summed E-state index contributed by atoms with van der Waals surface area (Å²) >= 11 is 0. The molecule has 0 spiro atoms. The molecule has 6 nitrogen and oxygen atoms in total. The van der Waals surface area contributed by atoms with E-state index in [-0.39, 0.29) is 35.2 Å². The van der Waals surface area contributed by atoms with E-state index in [4.69, 9.17) is 0 Å². The Hall–Kier alpha value is -1.71. The molecule has 1 aliphatic rings. The monoisotopic (exact) mass is 486 g/mol. The Bertz CT molecular complexity index is 786. The Morgan fingerprint density at radius 1 is 1.30 bits per heavy atom. The van der Waals surface area contributed by atoms with E-state index in [2.05, 4.69) is 44.2 Å². The lowest BCUT2D eigenvalue weighted by Gasteiger charge is -2.26. The van der Waals surface area contributed by atoms with Gasteiger partial charge >= 0.3 is 0 Å². The normalized spacial score (nSPS) is 13.9. The van der Waals surface area contributed by atoms with Crippen LogP contribution in [0.15, 0.2) is 29.3 Å². The second-order valence-electron chi connectivity index (χ2n) is 7.23. The molecule has 8 heteroatoms. The molecule has 0 radical (unpaired) electrons. The largest absolute Gasteiger partial charge is 0.357 e. The molecule has 2 N–H and O–H groups in total. The van der Waals surface area contributed by atoms with E-state index in [9.17, 15) is 4.39 Å². The summed E-state index contributed by atoms with van der Waals surface area (Å²) in [5.41, 5.74) is 0.727. The topological polar surface area (TPSA) is 67.1 Å². The van der Waals surface area contributed by atoms with Crippen LogP contribution in [-0.2, 0) is 24.9 Å². The number of rotatable bonds is 6. The maximum atomic E-state index is 13.5. The van der Waals surface area contributed by atoms with Crippen molar-refractivity contribution in [2.45, 2.75) is 52.1 Å². The molecule has 0 atom stereocenters. The standard InChI is InChI=1S/C19H27FN6.HI/c1-4-21-18(22-12-17-25-24-16-9-6-10-26(16)17)23-13-19(2,3)14-7-5-8-15(20)11-14;/h5,7-8,11H,4,6,9-10,12-13H2,1-3H3,(H2,21,22,23);1H. The SMILES string of the molecule is CCNC(=NCc1nnc2n1CCC2)NCC(C)(C)c1cccc(F)c1.I. The molecule has 0 aliphatic carbocycles. The van der Waals surface area contributed by atoms with Gasteiger partial charge in [0, 0.05) is 31.5 Å². The Kier molecular flexibility index (Phi) is 7.58. The van der Waals surface area contributed by atoms with Crippen molar-refractivity contribution in [3.05, 3.63) is 47.3 Å². The van der Waals surface area contributed by atoms with Gasteiger partial charge in [0.25, 0.3) is 0 Å². The van der Waals surface area contributed by atoms with Gasteiger partial charge in [0.15, 0.2) is 11.8 Å². The number of benzene rings is 1. The third-order valence-electron chi connectivity index (χ3n) is 4.71. The van der Waals surface area contributed by atoms with E-state index < -0.39 is 0 Å². The lowest BCUT2D eigenvalue weighted by Crippen LogP contribution is -2.43. The van der Waals surface area contributed by atoms with Gasteiger partial charge in [-0.15, -0.1) is 34.2 Å². The molecule has 0 unspecified atom stereocenters. The van der Waals surface area contributed by atoms with Crippen molar-refractivity contribution < 1.29 is 4.39 Å². The molecule has 3 rings (SSSR count). The van der Waals surface area contributed by atoms with Crippen LogP contribution in [0.3, 0.4) is 0 Å². The first-order chi connectivity index (χ1) is 12.5. The summed E-state index contributed by atoms with van der Waals surface area (Å²) in [6.07, 6.45) is 2.12. The molecule has 0 amide bonds. The molecule has 0 saturated heterocycles. The molecule has 1 aliphatic heterocycles. The van der Waals surface area contributed by atoms with Crippen molar-refractivity contribution >= 4 is 29.9 Å². The molecular weight excluding hydrogens is 458 g/mol. The number of fused-ring (bicyclic) bond motifs is 1. The zero-order valence-electron chi connectivity index (χ0n) is 16.1. The van der Waals surface area contributed by atoms with Crippen LogP contribution in [0.2, 0.25) is 0 Å². The maximum absolute atomic E-state index is 13.5. The summed E-state index contributed by atoms with van der Waals surface area (Å²) in [6.45, 7) is 9.08. The van der Waals surface area contributed by atoms with E-state index >= 15 is 0 Å².